The van der Waals surface area contributed by atoms with E-state index in [0.717, 1.165) is 19.3 Å². The average Bonchev–Trinajstić information content (AvgIpc) is 2.24. The number of halogens is 2. The first-order valence-corrected chi connectivity index (χ1v) is 5.33. The Hall–Kier alpha value is -1.16. The summed E-state index contributed by atoms with van der Waals surface area (Å²) in [4.78, 5) is 0. The standard InChI is InChI=1S/C12H15F2NO/c1-16-9-5-2-4-8(11(13)14)10(9)12(15)6-3-7-12/h2,4-5,11H,3,6-7,15H2,1H3. The van der Waals surface area contributed by atoms with E-state index in [1.54, 1.807) is 12.1 Å². The summed E-state index contributed by atoms with van der Waals surface area (Å²) >= 11 is 0. The maximum atomic E-state index is 12.9. The number of rotatable bonds is 3. The minimum Gasteiger partial charge on any atom is -0.496 e. The van der Waals surface area contributed by atoms with Gasteiger partial charge in [0.05, 0.1) is 7.11 Å². The molecule has 1 aromatic rings. The molecule has 2 nitrogen and oxygen atoms in total. The van der Waals surface area contributed by atoms with E-state index >= 15 is 0 Å². The average molecular weight is 227 g/mol. The molecule has 1 saturated carbocycles. The lowest BCUT2D eigenvalue weighted by Crippen LogP contribution is -2.44. The van der Waals surface area contributed by atoms with Gasteiger partial charge in [-0.2, -0.15) is 0 Å². The van der Waals surface area contributed by atoms with Gasteiger partial charge < -0.3 is 10.5 Å². The van der Waals surface area contributed by atoms with Crippen molar-refractivity contribution in [3.8, 4) is 5.75 Å². The molecule has 0 heterocycles. The van der Waals surface area contributed by atoms with Gasteiger partial charge in [0.15, 0.2) is 0 Å². The van der Waals surface area contributed by atoms with Crippen LogP contribution in [0.15, 0.2) is 18.2 Å². The van der Waals surface area contributed by atoms with Crippen LogP contribution in [0.3, 0.4) is 0 Å². The third-order valence-electron chi connectivity index (χ3n) is 3.26. The number of methoxy groups -OCH3 is 1. The zero-order valence-electron chi connectivity index (χ0n) is 9.17. The largest absolute Gasteiger partial charge is 0.496 e. The summed E-state index contributed by atoms with van der Waals surface area (Å²) < 4.78 is 31.0. The predicted octanol–water partition coefficient (Wildman–Crippen LogP) is 2.97. The molecule has 0 radical (unpaired) electrons. The maximum Gasteiger partial charge on any atom is 0.264 e. The number of alkyl halides is 2. The van der Waals surface area contributed by atoms with Crippen LogP contribution in [0.2, 0.25) is 0 Å². The second-order valence-electron chi connectivity index (χ2n) is 4.23. The highest BCUT2D eigenvalue weighted by Crippen LogP contribution is 2.46. The molecular weight excluding hydrogens is 212 g/mol. The normalized spacial score (nSPS) is 18.3. The van der Waals surface area contributed by atoms with Crippen LogP contribution in [0, 0.1) is 0 Å². The van der Waals surface area contributed by atoms with Crippen molar-refractivity contribution < 1.29 is 13.5 Å². The van der Waals surface area contributed by atoms with Crippen LogP contribution < -0.4 is 10.5 Å². The van der Waals surface area contributed by atoms with Crippen molar-refractivity contribution >= 4 is 0 Å². The highest BCUT2D eigenvalue weighted by atomic mass is 19.3. The van der Waals surface area contributed by atoms with Gasteiger partial charge in [-0.05, 0) is 25.3 Å². The van der Waals surface area contributed by atoms with Crippen molar-refractivity contribution in [1.82, 2.24) is 0 Å². The number of hydrogen-bond acceptors (Lipinski definition) is 2. The summed E-state index contributed by atoms with van der Waals surface area (Å²) in [5.74, 6) is 0.472. The summed E-state index contributed by atoms with van der Waals surface area (Å²) in [7, 11) is 1.48. The number of ether oxygens (including phenoxy) is 1. The fourth-order valence-electron chi connectivity index (χ4n) is 2.24. The van der Waals surface area contributed by atoms with E-state index in [4.69, 9.17) is 10.5 Å². The first-order chi connectivity index (χ1) is 7.58. The highest BCUT2D eigenvalue weighted by Gasteiger charge is 2.39. The van der Waals surface area contributed by atoms with Gasteiger partial charge in [0, 0.05) is 16.7 Å². The molecule has 2 N–H and O–H groups in total. The SMILES string of the molecule is COc1cccc(C(F)F)c1C1(N)CCC1. The number of benzene rings is 1. The van der Waals surface area contributed by atoms with Gasteiger partial charge >= 0.3 is 0 Å². The Kier molecular flexibility index (Phi) is 2.84. The Labute approximate surface area is 93.4 Å². The molecule has 0 unspecified atom stereocenters. The Morgan fingerprint density at radius 1 is 1.38 bits per heavy atom. The van der Waals surface area contributed by atoms with E-state index in [-0.39, 0.29) is 5.56 Å². The van der Waals surface area contributed by atoms with E-state index in [0.29, 0.717) is 11.3 Å². The van der Waals surface area contributed by atoms with Crippen molar-refractivity contribution in [3.63, 3.8) is 0 Å². The van der Waals surface area contributed by atoms with Gasteiger partial charge in [-0.1, -0.05) is 12.1 Å². The van der Waals surface area contributed by atoms with Crippen molar-refractivity contribution in [2.24, 2.45) is 5.73 Å². The molecule has 0 bridgehead atoms. The smallest absolute Gasteiger partial charge is 0.264 e. The lowest BCUT2D eigenvalue weighted by atomic mass is 9.71. The van der Waals surface area contributed by atoms with E-state index < -0.39 is 12.0 Å². The minimum absolute atomic E-state index is 0.00144. The maximum absolute atomic E-state index is 12.9. The number of hydrogen-bond donors (Lipinski definition) is 1. The quantitative estimate of drug-likeness (QED) is 0.861. The van der Waals surface area contributed by atoms with Crippen LogP contribution in [0.1, 0.15) is 36.8 Å². The molecule has 4 heteroatoms. The Morgan fingerprint density at radius 2 is 2.06 bits per heavy atom. The lowest BCUT2D eigenvalue weighted by molar-refractivity contribution is 0.142. The van der Waals surface area contributed by atoms with E-state index in [1.165, 1.54) is 13.2 Å². The van der Waals surface area contributed by atoms with Crippen LogP contribution in [0.25, 0.3) is 0 Å². The van der Waals surface area contributed by atoms with Gasteiger partial charge in [-0.3, -0.25) is 0 Å². The van der Waals surface area contributed by atoms with Crippen LogP contribution >= 0.6 is 0 Å². The van der Waals surface area contributed by atoms with Crippen molar-refractivity contribution in [3.05, 3.63) is 29.3 Å². The number of nitrogens with two attached hydrogens (primary N) is 1. The fraction of sp³-hybridized carbons (Fsp3) is 0.500. The Bertz CT molecular complexity index is 389. The minimum atomic E-state index is -2.51. The lowest BCUT2D eigenvalue weighted by Gasteiger charge is -2.40. The zero-order valence-corrected chi connectivity index (χ0v) is 9.17. The second kappa shape index (κ2) is 4.01. The Balaban J connectivity index is 2.54. The van der Waals surface area contributed by atoms with Crippen LogP contribution in [0.5, 0.6) is 5.75 Å². The summed E-state index contributed by atoms with van der Waals surface area (Å²) in [6.07, 6.45) is -0.0386. The molecular formula is C12H15F2NO. The van der Waals surface area contributed by atoms with Crippen molar-refractivity contribution in [2.45, 2.75) is 31.2 Å². The van der Waals surface area contributed by atoms with Crippen LogP contribution in [-0.2, 0) is 5.54 Å². The van der Waals surface area contributed by atoms with Crippen LogP contribution in [0.4, 0.5) is 8.78 Å². The zero-order chi connectivity index (χ0) is 11.8. The topological polar surface area (TPSA) is 35.2 Å². The summed E-state index contributed by atoms with van der Waals surface area (Å²) in [5.41, 5.74) is 5.99. The molecule has 2 rings (SSSR count). The highest BCUT2D eigenvalue weighted by molar-refractivity contribution is 5.46. The first kappa shape index (κ1) is 11.3. The second-order valence-corrected chi connectivity index (χ2v) is 4.23. The molecule has 16 heavy (non-hydrogen) atoms. The first-order valence-electron chi connectivity index (χ1n) is 5.33. The molecule has 88 valence electrons. The van der Waals surface area contributed by atoms with Crippen molar-refractivity contribution in [1.29, 1.82) is 0 Å². The van der Waals surface area contributed by atoms with E-state index in [2.05, 4.69) is 0 Å². The molecule has 1 fully saturated rings. The molecule has 0 aliphatic heterocycles. The fourth-order valence-corrected chi connectivity index (χ4v) is 2.24. The summed E-state index contributed by atoms with van der Waals surface area (Å²) in [6.45, 7) is 0. The molecule has 0 spiro atoms. The molecule has 0 aromatic heterocycles. The molecule has 1 aliphatic carbocycles. The molecule has 1 aromatic carbocycles. The molecule has 1 aliphatic rings. The van der Waals surface area contributed by atoms with Crippen molar-refractivity contribution in [2.75, 3.05) is 7.11 Å². The van der Waals surface area contributed by atoms with Gasteiger partial charge in [0.2, 0.25) is 0 Å². The molecule has 0 saturated heterocycles. The Morgan fingerprint density at radius 3 is 2.50 bits per heavy atom. The van der Waals surface area contributed by atoms with E-state index in [1.807, 2.05) is 0 Å². The summed E-state index contributed by atoms with van der Waals surface area (Å²) in [6, 6.07) is 4.69. The monoisotopic (exact) mass is 227 g/mol. The van der Waals surface area contributed by atoms with Gasteiger partial charge in [-0.15, -0.1) is 0 Å². The van der Waals surface area contributed by atoms with Crippen LogP contribution in [-0.4, -0.2) is 7.11 Å². The van der Waals surface area contributed by atoms with Gasteiger partial charge in [0.1, 0.15) is 5.75 Å². The van der Waals surface area contributed by atoms with Gasteiger partial charge in [0.25, 0.3) is 6.43 Å². The summed E-state index contributed by atoms with van der Waals surface area (Å²) in [5, 5.41) is 0. The predicted molar refractivity (Wildman–Crippen MR) is 57.7 cm³/mol. The third-order valence-corrected chi connectivity index (χ3v) is 3.26. The molecule has 0 amide bonds. The third kappa shape index (κ3) is 1.67. The molecule has 0 atom stereocenters. The van der Waals surface area contributed by atoms with E-state index in [9.17, 15) is 8.78 Å². The van der Waals surface area contributed by atoms with Gasteiger partial charge in [-0.25, -0.2) is 8.78 Å².